The van der Waals surface area contributed by atoms with Crippen molar-refractivity contribution >= 4 is 23.3 Å². The van der Waals surface area contributed by atoms with Crippen LogP contribution in [-0.4, -0.2) is 6.03 Å². The highest BCUT2D eigenvalue weighted by atomic mass is 35.5. The van der Waals surface area contributed by atoms with Crippen molar-refractivity contribution in [1.82, 2.24) is 5.32 Å². The molecule has 0 aliphatic heterocycles. The summed E-state index contributed by atoms with van der Waals surface area (Å²) in [6.45, 7) is 3.69. The van der Waals surface area contributed by atoms with E-state index in [2.05, 4.69) is 10.6 Å². The van der Waals surface area contributed by atoms with Crippen LogP contribution >= 0.6 is 11.6 Å². The maximum absolute atomic E-state index is 13.0. The summed E-state index contributed by atoms with van der Waals surface area (Å²) in [7, 11) is 0. The van der Waals surface area contributed by atoms with E-state index >= 15 is 0 Å². The Bertz CT molecular complexity index is 641. The van der Waals surface area contributed by atoms with Gasteiger partial charge in [0.2, 0.25) is 0 Å². The van der Waals surface area contributed by atoms with Crippen molar-refractivity contribution in [2.45, 2.75) is 19.4 Å². The molecule has 0 heterocycles. The third kappa shape index (κ3) is 4.20. The van der Waals surface area contributed by atoms with Crippen LogP contribution in [0.25, 0.3) is 0 Å². The molecule has 0 spiro atoms. The maximum Gasteiger partial charge on any atom is 0.319 e. The van der Waals surface area contributed by atoms with Crippen molar-refractivity contribution in [3.05, 3.63) is 64.9 Å². The minimum absolute atomic E-state index is 0.307. The molecule has 2 rings (SSSR count). The Morgan fingerprint density at radius 3 is 2.43 bits per heavy atom. The molecular weight excluding hydrogens is 291 g/mol. The Kier molecular flexibility index (Phi) is 4.48. The van der Waals surface area contributed by atoms with Crippen LogP contribution in [0.2, 0.25) is 5.02 Å². The van der Waals surface area contributed by atoms with Gasteiger partial charge in [0.25, 0.3) is 0 Å². The smallest absolute Gasteiger partial charge is 0.319 e. The van der Waals surface area contributed by atoms with E-state index < -0.39 is 5.54 Å². The molecule has 3 nitrogen and oxygen atoms in total. The third-order valence-corrected chi connectivity index (χ3v) is 3.31. The van der Waals surface area contributed by atoms with Crippen molar-refractivity contribution in [3.8, 4) is 0 Å². The molecule has 2 aromatic rings. The molecule has 0 aromatic heterocycles. The molecule has 110 valence electrons. The van der Waals surface area contributed by atoms with Crippen LogP contribution in [0, 0.1) is 5.82 Å². The molecule has 2 amide bonds. The van der Waals surface area contributed by atoms with E-state index in [1.165, 1.54) is 12.1 Å². The number of nitrogens with one attached hydrogen (secondary N) is 2. The van der Waals surface area contributed by atoms with Crippen LogP contribution in [0.15, 0.2) is 48.5 Å². The van der Waals surface area contributed by atoms with E-state index in [1.807, 2.05) is 13.8 Å². The minimum atomic E-state index is -0.629. The van der Waals surface area contributed by atoms with E-state index in [4.69, 9.17) is 11.6 Å². The van der Waals surface area contributed by atoms with E-state index in [0.29, 0.717) is 10.7 Å². The Morgan fingerprint density at radius 2 is 1.81 bits per heavy atom. The Hall–Kier alpha value is -2.07. The van der Waals surface area contributed by atoms with Gasteiger partial charge in [-0.05, 0) is 49.7 Å². The van der Waals surface area contributed by atoms with Gasteiger partial charge in [-0.25, -0.2) is 9.18 Å². The van der Waals surface area contributed by atoms with Crippen molar-refractivity contribution in [2.24, 2.45) is 0 Å². The lowest BCUT2D eigenvalue weighted by Gasteiger charge is -2.27. The van der Waals surface area contributed by atoms with E-state index in [0.717, 1.165) is 5.56 Å². The van der Waals surface area contributed by atoms with Gasteiger partial charge in [-0.15, -0.1) is 0 Å². The van der Waals surface area contributed by atoms with Crippen LogP contribution in [0.1, 0.15) is 19.4 Å². The van der Waals surface area contributed by atoms with Crippen molar-refractivity contribution in [2.75, 3.05) is 5.32 Å². The molecule has 0 fully saturated rings. The zero-order valence-corrected chi connectivity index (χ0v) is 12.5. The van der Waals surface area contributed by atoms with E-state index in [9.17, 15) is 9.18 Å². The highest BCUT2D eigenvalue weighted by molar-refractivity contribution is 6.30. The number of urea groups is 1. The normalized spacial score (nSPS) is 11.0. The molecule has 2 N–H and O–H groups in total. The molecule has 2 aromatic carbocycles. The predicted molar refractivity (Wildman–Crippen MR) is 83.0 cm³/mol. The molecular formula is C16H16ClFN2O. The molecule has 5 heteroatoms. The molecule has 21 heavy (non-hydrogen) atoms. The molecule has 0 saturated heterocycles. The molecule has 0 radical (unpaired) electrons. The summed E-state index contributed by atoms with van der Waals surface area (Å²) in [5, 5.41) is 6.10. The minimum Gasteiger partial charge on any atom is -0.329 e. The van der Waals surface area contributed by atoms with Crippen LogP contribution in [0.4, 0.5) is 14.9 Å². The summed E-state index contributed by atoms with van der Waals surface area (Å²) in [6, 6.07) is 12.6. The van der Waals surface area contributed by atoms with Crippen LogP contribution < -0.4 is 10.6 Å². The average Bonchev–Trinajstić information content (AvgIpc) is 2.38. The number of benzene rings is 2. The highest BCUT2D eigenvalue weighted by Gasteiger charge is 2.22. The van der Waals surface area contributed by atoms with Gasteiger partial charge in [0, 0.05) is 10.7 Å². The first-order valence-corrected chi connectivity index (χ1v) is 6.85. The number of hydrogen-bond acceptors (Lipinski definition) is 1. The zero-order chi connectivity index (χ0) is 15.5. The molecule has 0 saturated carbocycles. The number of amides is 2. The molecule has 0 atom stereocenters. The first kappa shape index (κ1) is 15.3. The highest BCUT2D eigenvalue weighted by Crippen LogP contribution is 2.21. The molecule has 0 aliphatic rings. The van der Waals surface area contributed by atoms with Gasteiger partial charge in [-0.2, -0.15) is 0 Å². The number of anilines is 1. The van der Waals surface area contributed by atoms with Crippen LogP contribution in [0.5, 0.6) is 0 Å². The van der Waals surface area contributed by atoms with Crippen LogP contribution in [0.3, 0.4) is 0 Å². The number of hydrogen-bond donors (Lipinski definition) is 2. The number of halogens is 2. The van der Waals surface area contributed by atoms with Crippen molar-refractivity contribution in [1.29, 1.82) is 0 Å². The Labute approximate surface area is 128 Å². The largest absolute Gasteiger partial charge is 0.329 e. The maximum atomic E-state index is 13.0. The first-order valence-electron chi connectivity index (χ1n) is 6.47. The Morgan fingerprint density at radius 1 is 1.14 bits per heavy atom. The molecule has 0 unspecified atom stereocenters. The predicted octanol–water partition coefficient (Wildman–Crippen LogP) is 4.54. The second kappa shape index (κ2) is 6.14. The lowest BCUT2D eigenvalue weighted by molar-refractivity contribution is 0.242. The first-order chi connectivity index (χ1) is 9.87. The number of carbonyl (C=O) groups excluding carboxylic acids is 1. The summed E-state index contributed by atoms with van der Waals surface area (Å²) in [6.07, 6.45) is 0. The van der Waals surface area contributed by atoms with Crippen molar-refractivity contribution < 1.29 is 9.18 Å². The topological polar surface area (TPSA) is 41.1 Å². The van der Waals surface area contributed by atoms with Gasteiger partial charge >= 0.3 is 6.03 Å². The van der Waals surface area contributed by atoms with Gasteiger partial charge in [0.1, 0.15) is 5.82 Å². The second-order valence-corrected chi connectivity index (χ2v) is 5.66. The zero-order valence-electron chi connectivity index (χ0n) is 11.8. The van der Waals surface area contributed by atoms with Gasteiger partial charge in [-0.3, -0.25) is 0 Å². The van der Waals surface area contributed by atoms with Gasteiger partial charge in [-0.1, -0.05) is 29.8 Å². The van der Waals surface area contributed by atoms with Gasteiger partial charge in [0.05, 0.1) is 5.54 Å². The summed E-state index contributed by atoms with van der Waals surface area (Å²) >= 11 is 5.86. The van der Waals surface area contributed by atoms with Gasteiger partial charge in [0.15, 0.2) is 0 Å². The van der Waals surface area contributed by atoms with Crippen molar-refractivity contribution in [3.63, 3.8) is 0 Å². The summed E-state index contributed by atoms with van der Waals surface area (Å²) < 4.78 is 13.0. The summed E-state index contributed by atoms with van der Waals surface area (Å²) in [5.41, 5.74) is 0.788. The standard InChI is InChI=1S/C16H16ClFN2O/c1-16(2,11-6-8-13(18)9-7-11)20-15(21)19-14-5-3-4-12(17)10-14/h3-10H,1-2H3,(H2,19,20,21). The second-order valence-electron chi connectivity index (χ2n) is 5.22. The average molecular weight is 307 g/mol. The quantitative estimate of drug-likeness (QED) is 0.859. The summed E-state index contributed by atoms with van der Waals surface area (Å²) in [5.74, 6) is -0.307. The monoisotopic (exact) mass is 306 g/mol. The van der Waals surface area contributed by atoms with Crippen LogP contribution in [-0.2, 0) is 5.54 Å². The fourth-order valence-corrected chi connectivity index (χ4v) is 2.14. The SMILES string of the molecule is CC(C)(NC(=O)Nc1cccc(Cl)c1)c1ccc(F)cc1. The van der Waals surface area contributed by atoms with E-state index in [1.54, 1.807) is 36.4 Å². The fourth-order valence-electron chi connectivity index (χ4n) is 1.95. The number of rotatable bonds is 3. The van der Waals surface area contributed by atoms with Gasteiger partial charge < -0.3 is 10.6 Å². The number of carbonyl (C=O) groups is 1. The summed E-state index contributed by atoms with van der Waals surface area (Å²) in [4.78, 5) is 12.0. The molecule has 0 aliphatic carbocycles. The Balaban J connectivity index is 2.05. The lowest BCUT2D eigenvalue weighted by Crippen LogP contribution is -2.43. The third-order valence-electron chi connectivity index (χ3n) is 3.07. The lowest BCUT2D eigenvalue weighted by atomic mass is 9.94. The van der Waals surface area contributed by atoms with E-state index in [-0.39, 0.29) is 11.8 Å². The fraction of sp³-hybridized carbons (Fsp3) is 0.188. The molecule has 0 bridgehead atoms.